The number of benzene rings is 1. The number of rotatable bonds is 7. The van der Waals surface area contributed by atoms with Crippen molar-refractivity contribution in [3.8, 4) is 0 Å². The van der Waals surface area contributed by atoms with Crippen LogP contribution >= 0.6 is 0 Å². The summed E-state index contributed by atoms with van der Waals surface area (Å²) in [6, 6.07) is 10.2. The first-order valence-corrected chi connectivity index (χ1v) is 11.0. The molecule has 2 rings (SSSR count). The van der Waals surface area contributed by atoms with Gasteiger partial charge in [0.25, 0.3) is 0 Å². The van der Waals surface area contributed by atoms with E-state index in [0.717, 1.165) is 31.5 Å². The summed E-state index contributed by atoms with van der Waals surface area (Å²) in [5.74, 6) is 0.124. The zero-order valence-corrected chi connectivity index (χ0v) is 17.1. The molecule has 1 aromatic rings. The van der Waals surface area contributed by atoms with E-state index in [2.05, 4.69) is 4.90 Å². The summed E-state index contributed by atoms with van der Waals surface area (Å²) >= 11 is 0. The SMILES string of the molecule is CC(C)N(Cc1ccccc1)C(=O)CN1CCC(N(C)S(C)(=O)=O)CC1. The van der Waals surface area contributed by atoms with Crippen LogP contribution in [0.15, 0.2) is 30.3 Å². The van der Waals surface area contributed by atoms with E-state index in [1.54, 1.807) is 7.05 Å². The van der Waals surface area contributed by atoms with E-state index in [-0.39, 0.29) is 18.0 Å². The van der Waals surface area contributed by atoms with Gasteiger partial charge in [0, 0.05) is 38.8 Å². The average Bonchev–Trinajstić information content (AvgIpc) is 2.59. The molecule has 1 saturated heterocycles. The Morgan fingerprint density at radius 3 is 2.27 bits per heavy atom. The molecule has 0 spiro atoms. The summed E-state index contributed by atoms with van der Waals surface area (Å²) < 4.78 is 24.8. The predicted molar refractivity (Wildman–Crippen MR) is 104 cm³/mol. The standard InChI is InChI=1S/C19H31N3O3S/c1-16(2)22(14-17-8-6-5-7-9-17)19(23)15-21-12-10-18(11-13-21)20(3)26(4,24)25/h5-9,16,18H,10-15H2,1-4H3. The Bertz CT molecular complexity index is 683. The second-order valence-electron chi connectivity index (χ2n) is 7.39. The first-order chi connectivity index (χ1) is 12.2. The third kappa shape index (κ3) is 5.79. The van der Waals surface area contributed by atoms with Gasteiger partial charge in [0.2, 0.25) is 15.9 Å². The Morgan fingerprint density at radius 1 is 1.19 bits per heavy atom. The number of nitrogens with zero attached hydrogens (tertiary/aromatic N) is 3. The maximum Gasteiger partial charge on any atom is 0.237 e. The Labute approximate surface area is 157 Å². The molecule has 0 saturated carbocycles. The van der Waals surface area contributed by atoms with Crippen LogP contribution in [0, 0.1) is 0 Å². The summed E-state index contributed by atoms with van der Waals surface area (Å²) in [5.41, 5.74) is 1.13. The van der Waals surface area contributed by atoms with Gasteiger partial charge in [0.05, 0.1) is 12.8 Å². The lowest BCUT2D eigenvalue weighted by Gasteiger charge is -2.36. The van der Waals surface area contributed by atoms with Crippen molar-refractivity contribution in [2.75, 3.05) is 32.9 Å². The first kappa shape index (κ1) is 20.9. The number of amides is 1. The number of hydrogen-bond donors (Lipinski definition) is 0. The maximum atomic E-state index is 12.8. The highest BCUT2D eigenvalue weighted by Gasteiger charge is 2.29. The predicted octanol–water partition coefficient (Wildman–Crippen LogP) is 1.78. The van der Waals surface area contributed by atoms with Gasteiger partial charge in [0.15, 0.2) is 0 Å². The van der Waals surface area contributed by atoms with Crippen molar-refractivity contribution < 1.29 is 13.2 Å². The molecule has 0 aromatic heterocycles. The van der Waals surface area contributed by atoms with E-state index in [1.807, 2.05) is 49.1 Å². The molecule has 146 valence electrons. The molecule has 0 unspecified atom stereocenters. The summed E-state index contributed by atoms with van der Waals surface area (Å²) in [4.78, 5) is 16.9. The Kier molecular flexibility index (Phi) is 7.20. The second kappa shape index (κ2) is 8.97. The van der Waals surface area contributed by atoms with Gasteiger partial charge < -0.3 is 4.90 Å². The smallest absolute Gasteiger partial charge is 0.237 e. The molecular formula is C19H31N3O3S. The molecule has 1 aliphatic rings. The van der Waals surface area contributed by atoms with Crippen LogP contribution in [0.4, 0.5) is 0 Å². The molecule has 1 heterocycles. The third-order valence-electron chi connectivity index (χ3n) is 5.09. The van der Waals surface area contributed by atoms with Crippen molar-refractivity contribution in [2.24, 2.45) is 0 Å². The Balaban J connectivity index is 1.90. The largest absolute Gasteiger partial charge is 0.335 e. The number of piperidine rings is 1. The number of likely N-dealkylation sites (tertiary alicyclic amines) is 1. The van der Waals surface area contributed by atoms with E-state index >= 15 is 0 Å². The zero-order valence-electron chi connectivity index (χ0n) is 16.3. The summed E-state index contributed by atoms with van der Waals surface area (Å²) in [6.07, 6.45) is 2.77. The van der Waals surface area contributed by atoms with Crippen molar-refractivity contribution >= 4 is 15.9 Å². The van der Waals surface area contributed by atoms with E-state index in [9.17, 15) is 13.2 Å². The minimum Gasteiger partial charge on any atom is -0.335 e. The van der Waals surface area contributed by atoms with Gasteiger partial charge in [-0.1, -0.05) is 30.3 Å². The summed E-state index contributed by atoms with van der Waals surface area (Å²) in [7, 11) is -1.52. The van der Waals surface area contributed by atoms with Crippen LogP contribution in [0.3, 0.4) is 0 Å². The fourth-order valence-electron chi connectivity index (χ4n) is 3.33. The number of sulfonamides is 1. The molecule has 0 aliphatic carbocycles. The molecule has 0 radical (unpaired) electrons. The summed E-state index contributed by atoms with van der Waals surface area (Å²) in [5, 5.41) is 0. The second-order valence-corrected chi connectivity index (χ2v) is 9.43. The van der Waals surface area contributed by atoms with Gasteiger partial charge in [0.1, 0.15) is 0 Å². The quantitative estimate of drug-likeness (QED) is 0.722. The molecular weight excluding hydrogens is 350 g/mol. The lowest BCUT2D eigenvalue weighted by Crippen LogP contribution is -2.49. The van der Waals surface area contributed by atoms with Crippen molar-refractivity contribution in [1.82, 2.24) is 14.1 Å². The highest BCUT2D eigenvalue weighted by atomic mass is 32.2. The van der Waals surface area contributed by atoms with Crippen LogP contribution in [-0.2, 0) is 21.4 Å². The highest BCUT2D eigenvalue weighted by Crippen LogP contribution is 2.18. The lowest BCUT2D eigenvalue weighted by atomic mass is 10.1. The Morgan fingerprint density at radius 2 is 1.77 bits per heavy atom. The molecule has 1 aromatic carbocycles. The fraction of sp³-hybridized carbons (Fsp3) is 0.632. The van der Waals surface area contributed by atoms with Gasteiger partial charge in [-0.25, -0.2) is 12.7 Å². The topological polar surface area (TPSA) is 60.9 Å². The fourth-order valence-corrected chi connectivity index (χ4v) is 4.09. The highest BCUT2D eigenvalue weighted by molar-refractivity contribution is 7.88. The van der Waals surface area contributed by atoms with Gasteiger partial charge in [-0.3, -0.25) is 9.69 Å². The molecule has 0 atom stereocenters. The first-order valence-electron chi connectivity index (χ1n) is 9.17. The van der Waals surface area contributed by atoms with Crippen molar-refractivity contribution in [3.63, 3.8) is 0 Å². The average molecular weight is 382 g/mol. The third-order valence-corrected chi connectivity index (χ3v) is 6.44. The minimum atomic E-state index is -3.16. The van der Waals surface area contributed by atoms with Crippen LogP contribution in [0.5, 0.6) is 0 Å². The normalized spacial score (nSPS) is 17.0. The van der Waals surface area contributed by atoms with Gasteiger partial charge >= 0.3 is 0 Å². The number of carbonyl (C=O) groups is 1. The van der Waals surface area contributed by atoms with E-state index in [4.69, 9.17) is 0 Å². The van der Waals surface area contributed by atoms with Crippen LogP contribution in [0.2, 0.25) is 0 Å². The van der Waals surface area contributed by atoms with E-state index < -0.39 is 10.0 Å². The van der Waals surface area contributed by atoms with Crippen molar-refractivity contribution in [2.45, 2.75) is 45.3 Å². The monoisotopic (exact) mass is 381 g/mol. The molecule has 0 bridgehead atoms. The van der Waals surface area contributed by atoms with Crippen LogP contribution in [0.25, 0.3) is 0 Å². The molecule has 1 aliphatic heterocycles. The maximum absolute atomic E-state index is 12.8. The van der Waals surface area contributed by atoms with E-state index in [0.29, 0.717) is 13.1 Å². The molecule has 0 N–H and O–H groups in total. The number of hydrogen-bond acceptors (Lipinski definition) is 4. The van der Waals surface area contributed by atoms with E-state index in [1.165, 1.54) is 10.6 Å². The van der Waals surface area contributed by atoms with Crippen molar-refractivity contribution in [3.05, 3.63) is 35.9 Å². The van der Waals surface area contributed by atoms with Crippen LogP contribution in [-0.4, -0.2) is 73.5 Å². The van der Waals surface area contributed by atoms with Crippen LogP contribution in [0.1, 0.15) is 32.3 Å². The van der Waals surface area contributed by atoms with Crippen molar-refractivity contribution in [1.29, 1.82) is 0 Å². The lowest BCUT2D eigenvalue weighted by molar-refractivity contribution is -0.135. The molecule has 1 fully saturated rings. The summed E-state index contributed by atoms with van der Waals surface area (Å²) in [6.45, 7) is 6.56. The van der Waals surface area contributed by atoms with Crippen LogP contribution < -0.4 is 0 Å². The molecule has 26 heavy (non-hydrogen) atoms. The molecule has 7 heteroatoms. The van der Waals surface area contributed by atoms with Gasteiger partial charge in [-0.05, 0) is 32.3 Å². The molecule has 1 amide bonds. The van der Waals surface area contributed by atoms with Gasteiger partial charge in [-0.15, -0.1) is 0 Å². The zero-order chi connectivity index (χ0) is 19.3. The Hall–Kier alpha value is -1.44. The number of carbonyl (C=O) groups excluding carboxylic acids is 1. The molecule has 6 nitrogen and oxygen atoms in total. The van der Waals surface area contributed by atoms with Gasteiger partial charge in [-0.2, -0.15) is 0 Å². The minimum absolute atomic E-state index is 0.0295.